The van der Waals surface area contributed by atoms with Crippen LogP contribution in [0.15, 0.2) is 53.7 Å². The average Bonchev–Trinajstić information content (AvgIpc) is 2.73. The summed E-state index contributed by atoms with van der Waals surface area (Å²) in [6, 6.07) is 9.59. The van der Waals surface area contributed by atoms with Crippen LogP contribution < -0.4 is 20.1 Å². The first-order chi connectivity index (χ1) is 14.7. The number of carbonyl (C=O) groups excluding carboxylic acids is 2. The molecule has 0 aromatic heterocycles. The van der Waals surface area contributed by atoms with Gasteiger partial charge in [-0.1, -0.05) is 12.1 Å². The van der Waals surface area contributed by atoms with Crippen LogP contribution in [0.4, 0.5) is 5.69 Å². The van der Waals surface area contributed by atoms with Crippen LogP contribution in [0, 0.1) is 10.1 Å². The molecule has 0 amide bonds. The lowest BCUT2D eigenvalue weighted by atomic mass is 9.93. The van der Waals surface area contributed by atoms with Gasteiger partial charge in [-0.2, -0.15) is 0 Å². The van der Waals surface area contributed by atoms with Gasteiger partial charge < -0.3 is 20.1 Å². The molecule has 0 radical (unpaired) electrons. The van der Waals surface area contributed by atoms with Gasteiger partial charge in [0, 0.05) is 23.4 Å². The van der Waals surface area contributed by atoms with Crippen LogP contribution in [-0.4, -0.2) is 28.9 Å². The third-order valence-corrected chi connectivity index (χ3v) is 4.88. The molecule has 0 spiro atoms. The van der Waals surface area contributed by atoms with E-state index in [0.717, 1.165) is 6.07 Å². The lowest BCUT2D eigenvalue weighted by molar-refractivity contribution is -0.384. The van der Waals surface area contributed by atoms with E-state index in [1.807, 2.05) is 0 Å². The van der Waals surface area contributed by atoms with Gasteiger partial charge in [0.05, 0.1) is 23.6 Å². The fourth-order valence-corrected chi connectivity index (χ4v) is 3.54. The van der Waals surface area contributed by atoms with Crippen LogP contribution in [0.2, 0.25) is 0 Å². The predicted octanol–water partition coefficient (Wildman–Crippen LogP) is 3.20. The smallest absolute Gasteiger partial charge is 0.343 e. The number of rotatable bonds is 6. The number of hydrogen-bond acceptors (Lipinski definition) is 7. The number of methoxy groups -OCH3 is 1. The Hall–Kier alpha value is -3.79. The van der Waals surface area contributed by atoms with Crippen molar-refractivity contribution in [3.8, 4) is 11.5 Å². The van der Waals surface area contributed by atoms with Crippen LogP contribution >= 0.6 is 12.2 Å². The van der Waals surface area contributed by atoms with E-state index >= 15 is 0 Å². The molecule has 31 heavy (non-hydrogen) atoms. The number of nitro groups is 1. The second-order valence-electron chi connectivity index (χ2n) is 6.73. The zero-order chi connectivity index (χ0) is 22.7. The number of non-ortho nitro benzene ring substituents is 1. The summed E-state index contributed by atoms with van der Waals surface area (Å²) in [5.74, 6) is -0.506. The van der Waals surface area contributed by atoms with Gasteiger partial charge in [0.15, 0.2) is 22.4 Å². The number of esters is 1. The molecule has 2 aromatic rings. The lowest BCUT2D eigenvalue weighted by Crippen LogP contribution is -2.44. The molecule has 1 heterocycles. The number of hydrogen-bond donors (Lipinski definition) is 2. The van der Waals surface area contributed by atoms with Crippen LogP contribution in [0.25, 0.3) is 0 Å². The van der Waals surface area contributed by atoms with Crippen LogP contribution in [0.1, 0.15) is 35.8 Å². The van der Waals surface area contributed by atoms with E-state index in [4.69, 9.17) is 21.7 Å². The van der Waals surface area contributed by atoms with Crippen LogP contribution in [-0.2, 0) is 4.79 Å². The summed E-state index contributed by atoms with van der Waals surface area (Å²) in [7, 11) is 1.41. The third kappa shape index (κ3) is 4.69. The van der Waals surface area contributed by atoms with Gasteiger partial charge in [-0.3, -0.25) is 14.9 Å². The van der Waals surface area contributed by atoms with Crippen molar-refractivity contribution in [2.24, 2.45) is 0 Å². The normalized spacial score (nSPS) is 15.6. The zero-order valence-corrected chi connectivity index (χ0v) is 17.7. The van der Waals surface area contributed by atoms with Crippen molar-refractivity contribution in [2.45, 2.75) is 19.9 Å². The fraction of sp³-hybridized carbons (Fsp3) is 0.190. The molecule has 1 aliphatic heterocycles. The Bertz CT molecular complexity index is 1130. The van der Waals surface area contributed by atoms with Gasteiger partial charge in [0.1, 0.15) is 0 Å². The number of carbonyl (C=O) groups is 2. The molecule has 3 rings (SSSR count). The molecular weight excluding hydrogens is 422 g/mol. The Morgan fingerprint density at radius 3 is 2.55 bits per heavy atom. The van der Waals surface area contributed by atoms with Crippen molar-refractivity contribution in [2.75, 3.05) is 7.11 Å². The Kier molecular flexibility index (Phi) is 6.30. The Labute approximate surface area is 183 Å². The number of thiocarbonyl (C=S) groups is 1. The Balaban J connectivity index is 1.91. The molecule has 9 nitrogen and oxygen atoms in total. The number of allylic oxidation sites excluding steroid dienone is 1. The minimum Gasteiger partial charge on any atom is -0.493 e. The van der Waals surface area contributed by atoms with Crippen LogP contribution in [0.5, 0.6) is 11.5 Å². The minimum absolute atomic E-state index is 0.0307. The predicted molar refractivity (Wildman–Crippen MR) is 116 cm³/mol. The summed E-state index contributed by atoms with van der Waals surface area (Å²) in [5, 5.41) is 17.3. The number of benzene rings is 2. The molecule has 0 fully saturated rings. The maximum atomic E-state index is 12.5. The molecule has 2 N–H and O–H groups in total. The summed E-state index contributed by atoms with van der Waals surface area (Å²) in [4.78, 5) is 35.0. The maximum Gasteiger partial charge on any atom is 0.343 e. The molecule has 0 saturated carbocycles. The largest absolute Gasteiger partial charge is 0.493 e. The van der Waals surface area contributed by atoms with Crippen molar-refractivity contribution in [1.29, 1.82) is 0 Å². The van der Waals surface area contributed by atoms with Crippen molar-refractivity contribution >= 4 is 34.8 Å². The monoisotopic (exact) mass is 441 g/mol. The van der Waals surface area contributed by atoms with Crippen molar-refractivity contribution in [3.63, 3.8) is 0 Å². The molecule has 1 unspecified atom stereocenters. The highest BCUT2D eigenvalue weighted by Crippen LogP contribution is 2.35. The third-order valence-electron chi connectivity index (χ3n) is 4.66. The van der Waals surface area contributed by atoms with Gasteiger partial charge >= 0.3 is 5.97 Å². The number of ketones is 1. The van der Waals surface area contributed by atoms with E-state index < -0.39 is 16.9 Å². The first kappa shape index (κ1) is 21.9. The molecule has 1 atom stereocenters. The highest BCUT2D eigenvalue weighted by atomic mass is 32.1. The average molecular weight is 441 g/mol. The quantitative estimate of drug-likeness (QED) is 0.229. The van der Waals surface area contributed by atoms with Gasteiger partial charge in [-0.15, -0.1) is 0 Å². The number of Topliss-reactive ketones (excluding diaryl/α,β-unsaturated/α-hetero) is 1. The van der Waals surface area contributed by atoms with E-state index in [0.29, 0.717) is 21.9 Å². The molecular formula is C21H19N3O6S. The molecule has 2 aromatic carbocycles. The summed E-state index contributed by atoms with van der Waals surface area (Å²) in [6.07, 6.45) is 0. The number of ether oxygens (including phenoxy) is 2. The summed E-state index contributed by atoms with van der Waals surface area (Å²) in [5.41, 5.74) is 1.67. The van der Waals surface area contributed by atoms with E-state index in [2.05, 4.69) is 10.6 Å². The van der Waals surface area contributed by atoms with Crippen LogP contribution in [0.3, 0.4) is 0 Å². The molecule has 0 saturated heterocycles. The number of nitrogens with zero attached hydrogens (tertiary/aromatic N) is 1. The standard InChI is InChI=1S/C21H19N3O6S/c1-11-18(12(2)25)19(23-21(31)22-11)13-7-8-16(17(10-13)29-3)30-20(26)14-5-4-6-15(9-14)24(27)28/h4-10,19H,1-3H3,(H2,22,23,31). The van der Waals surface area contributed by atoms with E-state index in [1.165, 1.54) is 38.3 Å². The highest BCUT2D eigenvalue weighted by Gasteiger charge is 2.28. The van der Waals surface area contributed by atoms with E-state index in [9.17, 15) is 19.7 Å². The Morgan fingerprint density at radius 2 is 1.90 bits per heavy atom. The first-order valence-electron chi connectivity index (χ1n) is 9.15. The SMILES string of the molecule is COc1cc(C2NC(=S)NC(C)=C2C(C)=O)ccc1OC(=O)c1cccc([N+](=O)[O-])c1. The summed E-state index contributed by atoms with van der Waals surface area (Å²) in [6.45, 7) is 3.24. The second-order valence-corrected chi connectivity index (χ2v) is 7.14. The van der Waals surface area contributed by atoms with Gasteiger partial charge in [-0.05, 0) is 49.8 Å². The van der Waals surface area contributed by atoms with Crippen molar-refractivity contribution in [3.05, 3.63) is 75.0 Å². The molecule has 1 aliphatic rings. The van der Waals surface area contributed by atoms with Gasteiger partial charge in [0.25, 0.3) is 5.69 Å². The minimum atomic E-state index is -0.768. The molecule has 160 valence electrons. The second kappa shape index (κ2) is 8.92. The van der Waals surface area contributed by atoms with Crippen molar-refractivity contribution in [1.82, 2.24) is 10.6 Å². The Morgan fingerprint density at radius 1 is 1.16 bits per heavy atom. The molecule has 10 heteroatoms. The first-order valence-corrected chi connectivity index (χ1v) is 9.56. The maximum absolute atomic E-state index is 12.5. The number of nitro benzene ring substituents is 1. The van der Waals surface area contributed by atoms with Gasteiger partial charge in [-0.25, -0.2) is 4.79 Å². The topological polar surface area (TPSA) is 120 Å². The fourth-order valence-electron chi connectivity index (χ4n) is 3.26. The number of nitrogens with one attached hydrogen (secondary N) is 2. The van der Waals surface area contributed by atoms with Crippen molar-refractivity contribution < 1.29 is 24.0 Å². The van der Waals surface area contributed by atoms with E-state index in [-0.39, 0.29) is 28.5 Å². The van der Waals surface area contributed by atoms with Gasteiger partial charge in [0.2, 0.25) is 0 Å². The van der Waals surface area contributed by atoms with E-state index in [1.54, 1.807) is 19.1 Å². The zero-order valence-electron chi connectivity index (χ0n) is 16.9. The summed E-state index contributed by atoms with van der Waals surface area (Å²) < 4.78 is 10.8. The lowest BCUT2D eigenvalue weighted by Gasteiger charge is -2.30. The highest BCUT2D eigenvalue weighted by molar-refractivity contribution is 7.80. The molecule has 0 aliphatic carbocycles. The summed E-state index contributed by atoms with van der Waals surface area (Å²) >= 11 is 5.21. The molecule has 0 bridgehead atoms.